The molecule has 112 valence electrons. The predicted molar refractivity (Wildman–Crippen MR) is 66.5 cm³/mol. The summed E-state index contributed by atoms with van der Waals surface area (Å²) in [6, 6.07) is 0.758. The smallest absolute Gasteiger partial charge is 0.201 e. The van der Waals surface area contributed by atoms with Crippen LogP contribution in [0.15, 0.2) is 6.07 Å². The summed E-state index contributed by atoms with van der Waals surface area (Å²) in [7, 11) is 2.89. The van der Waals surface area contributed by atoms with E-state index in [2.05, 4.69) is 0 Å². The average Bonchev–Trinajstić information content (AvgIpc) is 2.45. The molecule has 20 heavy (non-hydrogen) atoms. The largest absolute Gasteiger partial charge is 0.484 e. The monoisotopic (exact) mass is 290 g/mol. The number of ether oxygens (including phenoxy) is 4. The molecule has 1 aromatic carbocycles. The van der Waals surface area contributed by atoms with E-state index in [0.717, 1.165) is 6.07 Å². The molecule has 0 saturated carbocycles. The van der Waals surface area contributed by atoms with Crippen LogP contribution in [0.1, 0.15) is 10.4 Å². The summed E-state index contributed by atoms with van der Waals surface area (Å²) in [5.74, 6) is -2.68. The molecule has 0 heterocycles. The third kappa shape index (κ3) is 4.14. The molecule has 0 aromatic heterocycles. The van der Waals surface area contributed by atoms with Crippen molar-refractivity contribution in [1.29, 1.82) is 0 Å². The molecule has 7 heteroatoms. The topological polar surface area (TPSA) is 54.0 Å². The summed E-state index contributed by atoms with van der Waals surface area (Å²) in [5, 5.41) is 0. The molecule has 0 saturated heterocycles. The second-order valence-corrected chi connectivity index (χ2v) is 3.72. The van der Waals surface area contributed by atoms with E-state index in [4.69, 9.17) is 18.9 Å². The first-order valence-electron chi connectivity index (χ1n) is 5.86. The van der Waals surface area contributed by atoms with Gasteiger partial charge in [0.15, 0.2) is 23.7 Å². The summed E-state index contributed by atoms with van der Waals surface area (Å²) in [4.78, 5) is 10.7. The highest BCUT2D eigenvalue weighted by Gasteiger charge is 2.21. The normalized spacial score (nSPS) is 10.4. The zero-order valence-electron chi connectivity index (χ0n) is 11.3. The van der Waals surface area contributed by atoms with E-state index in [9.17, 15) is 13.6 Å². The Morgan fingerprint density at radius 2 is 1.55 bits per heavy atom. The molecule has 5 nitrogen and oxygen atoms in total. The lowest BCUT2D eigenvalue weighted by Crippen LogP contribution is -2.12. The van der Waals surface area contributed by atoms with Crippen molar-refractivity contribution in [1.82, 2.24) is 0 Å². The molecular formula is C13H16F2O5. The third-order valence-corrected chi connectivity index (χ3v) is 2.35. The Morgan fingerprint density at radius 1 is 1.00 bits per heavy atom. The Labute approximate surface area is 115 Å². The third-order valence-electron chi connectivity index (χ3n) is 2.35. The summed E-state index contributed by atoms with van der Waals surface area (Å²) >= 11 is 0. The van der Waals surface area contributed by atoms with Crippen LogP contribution in [-0.4, -0.2) is 46.9 Å². The zero-order valence-corrected chi connectivity index (χ0v) is 11.3. The number of benzene rings is 1. The second kappa shape index (κ2) is 8.44. The molecule has 0 bridgehead atoms. The summed E-state index contributed by atoms with van der Waals surface area (Å²) in [6.07, 6.45) is 0.209. The molecule has 0 unspecified atom stereocenters. The fourth-order valence-electron chi connectivity index (χ4n) is 1.41. The molecule has 0 aliphatic heterocycles. The van der Waals surface area contributed by atoms with Gasteiger partial charge in [-0.15, -0.1) is 0 Å². The van der Waals surface area contributed by atoms with Gasteiger partial charge in [0.05, 0.1) is 18.8 Å². The van der Waals surface area contributed by atoms with E-state index in [1.54, 1.807) is 0 Å². The SMILES string of the molecule is COCCOc1c(F)cc(C=O)c(F)c1OCCOC. The average molecular weight is 290 g/mol. The van der Waals surface area contributed by atoms with Crippen molar-refractivity contribution in [3.05, 3.63) is 23.3 Å². The first kappa shape index (κ1) is 16.3. The van der Waals surface area contributed by atoms with E-state index in [1.807, 2.05) is 0 Å². The van der Waals surface area contributed by atoms with Crippen molar-refractivity contribution in [2.75, 3.05) is 40.6 Å². The summed E-state index contributed by atoms with van der Waals surface area (Å²) in [6.45, 7) is 0.404. The molecule has 0 fully saturated rings. The van der Waals surface area contributed by atoms with Crippen LogP contribution in [0.3, 0.4) is 0 Å². The van der Waals surface area contributed by atoms with E-state index in [-0.39, 0.29) is 38.5 Å². The zero-order chi connectivity index (χ0) is 15.0. The number of rotatable bonds is 9. The Balaban J connectivity index is 3.03. The van der Waals surface area contributed by atoms with Crippen molar-refractivity contribution in [2.24, 2.45) is 0 Å². The van der Waals surface area contributed by atoms with Crippen LogP contribution in [0, 0.1) is 11.6 Å². The Hall–Kier alpha value is -1.73. The molecule has 0 aliphatic rings. The lowest BCUT2D eigenvalue weighted by molar-refractivity contribution is 0.111. The van der Waals surface area contributed by atoms with Crippen LogP contribution in [0.25, 0.3) is 0 Å². The van der Waals surface area contributed by atoms with Gasteiger partial charge in [0.2, 0.25) is 5.75 Å². The van der Waals surface area contributed by atoms with Crippen molar-refractivity contribution in [3.63, 3.8) is 0 Å². The maximum Gasteiger partial charge on any atom is 0.201 e. The highest BCUT2D eigenvalue weighted by molar-refractivity contribution is 5.77. The maximum atomic E-state index is 14.0. The van der Waals surface area contributed by atoms with Gasteiger partial charge in [-0.2, -0.15) is 0 Å². The fraction of sp³-hybridized carbons (Fsp3) is 0.462. The van der Waals surface area contributed by atoms with Crippen LogP contribution < -0.4 is 9.47 Å². The van der Waals surface area contributed by atoms with Crippen LogP contribution in [0.5, 0.6) is 11.5 Å². The van der Waals surface area contributed by atoms with Gasteiger partial charge in [-0.05, 0) is 6.07 Å². The molecule has 1 aromatic rings. The predicted octanol–water partition coefficient (Wildman–Crippen LogP) is 1.83. The lowest BCUT2D eigenvalue weighted by Gasteiger charge is -2.15. The number of aldehydes is 1. The Bertz CT molecular complexity index is 451. The number of methoxy groups -OCH3 is 2. The Morgan fingerprint density at radius 3 is 2.05 bits per heavy atom. The fourth-order valence-corrected chi connectivity index (χ4v) is 1.41. The van der Waals surface area contributed by atoms with Crippen molar-refractivity contribution in [2.45, 2.75) is 0 Å². The minimum absolute atomic E-state index is 0.00416. The molecule has 0 N–H and O–H groups in total. The first-order valence-corrected chi connectivity index (χ1v) is 5.86. The van der Waals surface area contributed by atoms with Gasteiger partial charge < -0.3 is 18.9 Å². The standard InChI is InChI=1S/C13H16F2O5/c1-17-3-5-19-12-10(14)7-9(8-16)11(15)13(12)20-6-4-18-2/h7-8H,3-6H2,1-2H3. The molecule has 0 atom stereocenters. The number of hydrogen-bond acceptors (Lipinski definition) is 5. The first-order chi connectivity index (χ1) is 9.65. The van der Waals surface area contributed by atoms with Gasteiger partial charge in [-0.1, -0.05) is 0 Å². The molecule has 1 rings (SSSR count). The van der Waals surface area contributed by atoms with E-state index >= 15 is 0 Å². The minimum atomic E-state index is -0.968. The number of halogens is 2. The number of carbonyl (C=O) groups is 1. The van der Waals surface area contributed by atoms with E-state index < -0.39 is 22.9 Å². The van der Waals surface area contributed by atoms with Crippen LogP contribution in [-0.2, 0) is 9.47 Å². The van der Waals surface area contributed by atoms with Crippen molar-refractivity contribution >= 4 is 6.29 Å². The number of carbonyl (C=O) groups excluding carboxylic acids is 1. The Kier molecular flexibility index (Phi) is 6.89. The molecule has 0 spiro atoms. The van der Waals surface area contributed by atoms with Gasteiger partial charge >= 0.3 is 0 Å². The molecule has 0 aliphatic carbocycles. The second-order valence-electron chi connectivity index (χ2n) is 3.72. The summed E-state index contributed by atoms with van der Waals surface area (Å²) < 4.78 is 47.5. The van der Waals surface area contributed by atoms with Crippen LogP contribution in [0.2, 0.25) is 0 Å². The lowest BCUT2D eigenvalue weighted by atomic mass is 10.2. The van der Waals surface area contributed by atoms with E-state index in [0.29, 0.717) is 0 Å². The van der Waals surface area contributed by atoms with Crippen molar-refractivity contribution < 1.29 is 32.5 Å². The highest BCUT2D eigenvalue weighted by Crippen LogP contribution is 2.35. The quantitative estimate of drug-likeness (QED) is 0.513. The van der Waals surface area contributed by atoms with Gasteiger partial charge in [0.1, 0.15) is 13.2 Å². The number of hydrogen-bond donors (Lipinski definition) is 0. The van der Waals surface area contributed by atoms with Gasteiger partial charge in [-0.25, -0.2) is 8.78 Å². The van der Waals surface area contributed by atoms with Gasteiger partial charge in [0, 0.05) is 14.2 Å². The molecular weight excluding hydrogens is 274 g/mol. The van der Waals surface area contributed by atoms with Gasteiger partial charge in [0.25, 0.3) is 0 Å². The highest BCUT2D eigenvalue weighted by atomic mass is 19.1. The van der Waals surface area contributed by atoms with Crippen LogP contribution >= 0.6 is 0 Å². The van der Waals surface area contributed by atoms with Gasteiger partial charge in [-0.3, -0.25) is 4.79 Å². The van der Waals surface area contributed by atoms with Crippen molar-refractivity contribution in [3.8, 4) is 11.5 Å². The minimum Gasteiger partial charge on any atom is -0.484 e. The van der Waals surface area contributed by atoms with Crippen LogP contribution in [0.4, 0.5) is 8.78 Å². The van der Waals surface area contributed by atoms with E-state index in [1.165, 1.54) is 14.2 Å². The summed E-state index contributed by atoms with van der Waals surface area (Å²) in [5.41, 5.74) is -0.436. The maximum absolute atomic E-state index is 14.0. The molecule has 0 radical (unpaired) electrons. The molecule has 0 amide bonds.